The second-order valence-corrected chi connectivity index (χ2v) is 7.41. The number of benzene rings is 1. The Hall–Kier alpha value is -2.30. The molecule has 1 aliphatic heterocycles. The van der Waals surface area contributed by atoms with Crippen LogP contribution in [-0.2, 0) is 4.79 Å². The molecule has 1 aliphatic rings. The standard InChI is InChI=1S/C20H27N3O2/c1-14-7-5-9-18(15(14)2)25-20(3,4)19(24)23-12-6-8-16(13-23)17-10-11-21-22-17/h5,7,9-11,16H,6,8,12-13H2,1-4H3,(H,21,22). The van der Waals surface area contributed by atoms with Gasteiger partial charge in [-0.25, -0.2) is 0 Å². The summed E-state index contributed by atoms with van der Waals surface area (Å²) >= 11 is 0. The third-order valence-electron chi connectivity index (χ3n) is 5.11. The van der Waals surface area contributed by atoms with Crippen LogP contribution in [-0.4, -0.2) is 39.7 Å². The van der Waals surface area contributed by atoms with Crippen LogP contribution in [0.1, 0.15) is 49.4 Å². The van der Waals surface area contributed by atoms with Crippen molar-refractivity contribution in [3.63, 3.8) is 0 Å². The molecule has 1 aromatic heterocycles. The molecule has 3 rings (SSSR count). The summed E-state index contributed by atoms with van der Waals surface area (Å²) in [6.45, 7) is 9.29. The minimum Gasteiger partial charge on any atom is -0.478 e. The predicted octanol–water partition coefficient (Wildman–Crippen LogP) is 3.59. The highest BCUT2D eigenvalue weighted by Gasteiger charge is 2.37. The summed E-state index contributed by atoms with van der Waals surface area (Å²) in [6, 6.07) is 7.95. The predicted molar refractivity (Wildman–Crippen MR) is 97.8 cm³/mol. The van der Waals surface area contributed by atoms with E-state index in [2.05, 4.69) is 23.2 Å². The molecule has 134 valence electrons. The van der Waals surface area contributed by atoms with Crippen LogP contribution < -0.4 is 4.74 Å². The van der Waals surface area contributed by atoms with Gasteiger partial charge >= 0.3 is 0 Å². The number of piperidine rings is 1. The van der Waals surface area contributed by atoms with Crippen LogP contribution in [0.15, 0.2) is 30.5 Å². The van der Waals surface area contributed by atoms with Gasteiger partial charge in [0.2, 0.25) is 0 Å². The largest absolute Gasteiger partial charge is 0.478 e. The molecule has 1 amide bonds. The summed E-state index contributed by atoms with van der Waals surface area (Å²) in [4.78, 5) is 15.0. The Kier molecular flexibility index (Phi) is 4.84. The number of rotatable bonds is 4. The van der Waals surface area contributed by atoms with E-state index in [4.69, 9.17) is 4.74 Å². The molecular weight excluding hydrogens is 314 g/mol. The van der Waals surface area contributed by atoms with Crippen LogP contribution in [0.5, 0.6) is 5.75 Å². The highest BCUT2D eigenvalue weighted by molar-refractivity contribution is 5.85. The van der Waals surface area contributed by atoms with Crippen molar-refractivity contribution < 1.29 is 9.53 Å². The van der Waals surface area contributed by atoms with Gasteiger partial charge < -0.3 is 9.64 Å². The molecule has 1 aromatic carbocycles. The van der Waals surface area contributed by atoms with Gasteiger partial charge in [-0.3, -0.25) is 9.89 Å². The Morgan fingerprint density at radius 3 is 2.84 bits per heavy atom. The van der Waals surface area contributed by atoms with Crippen molar-refractivity contribution >= 4 is 5.91 Å². The normalized spacial score (nSPS) is 18.2. The van der Waals surface area contributed by atoms with Crippen molar-refractivity contribution in [3.05, 3.63) is 47.3 Å². The van der Waals surface area contributed by atoms with Gasteiger partial charge in [-0.1, -0.05) is 12.1 Å². The molecule has 25 heavy (non-hydrogen) atoms. The summed E-state index contributed by atoms with van der Waals surface area (Å²) in [7, 11) is 0. The summed E-state index contributed by atoms with van der Waals surface area (Å²) in [6.07, 6.45) is 3.84. The van der Waals surface area contributed by atoms with Crippen molar-refractivity contribution in [2.45, 2.75) is 52.1 Å². The number of hydrogen-bond acceptors (Lipinski definition) is 3. The zero-order valence-corrected chi connectivity index (χ0v) is 15.5. The lowest BCUT2D eigenvalue weighted by atomic mass is 9.93. The number of H-pyrrole nitrogens is 1. The zero-order chi connectivity index (χ0) is 18.0. The average Bonchev–Trinajstić information content (AvgIpc) is 3.13. The van der Waals surface area contributed by atoms with Gasteiger partial charge in [0.15, 0.2) is 5.60 Å². The second-order valence-electron chi connectivity index (χ2n) is 7.41. The van der Waals surface area contributed by atoms with E-state index in [0.717, 1.165) is 42.0 Å². The SMILES string of the molecule is Cc1cccc(OC(C)(C)C(=O)N2CCCC(c3ccn[nH]3)C2)c1C. The number of aryl methyl sites for hydroxylation is 1. The molecule has 0 radical (unpaired) electrons. The van der Waals surface area contributed by atoms with E-state index in [-0.39, 0.29) is 5.91 Å². The highest BCUT2D eigenvalue weighted by Crippen LogP contribution is 2.29. The zero-order valence-electron chi connectivity index (χ0n) is 15.5. The molecule has 1 N–H and O–H groups in total. The smallest absolute Gasteiger partial charge is 0.266 e. The van der Waals surface area contributed by atoms with E-state index < -0.39 is 5.60 Å². The average molecular weight is 341 g/mol. The lowest BCUT2D eigenvalue weighted by Gasteiger charge is -2.37. The molecule has 2 aromatic rings. The van der Waals surface area contributed by atoms with Crippen LogP contribution in [0.2, 0.25) is 0 Å². The van der Waals surface area contributed by atoms with Crippen molar-refractivity contribution in [3.8, 4) is 5.75 Å². The van der Waals surface area contributed by atoms with E-state index in [0.29, 0.717) is 12.5 Å². The van der Waals surface area contributed by atoms with E-state index in [1.54, 1.807) is 6.20 Å². The fraction of sp³-hybridized carbons (Fsp3) is 0.500. The monoisotopic (exact) mass is 341 g/mol. The summed E-state index contributed by atoms with van der Waals surface area (Å²) in [5.41, 5.74) is 2.45. The molecule has 0 spiro atoms. The first-order valence-corrected chi connectivity index (χ1v) is 8.92. The van der Waals surface area contributed by atoms with Crippen LogP contribution >= 0.6 is 0 Å². The lowest BCUT2D eigenvalue weighted by Crippen LogP contribution is -2.51. The van der Waals surface area contributed by atoms with Gasteiger partial charge in [-0.15, -0.1) is 0 Å². The number of aromatic amines is 1. The van der Waals surface area contributed by atoms with Gasteiger partial charge in [-0.05, 0) is 63.8 Å². The van der Waals surface area contributed by atoms with Gasteiger partial charge in [0.25, 0.3) is 5.91 Å². The van der Waals surface area contributed by atoms with Crippen LogP contribution in [0.4, 0.5) is 0 Å². The third-order valence-corrected chi connectivity index (χ3v) is 5.11. The molecular formula is C20H27N3O2. The fourth-order valence-electron chi connectivity index (χ4n) is 3.44. The second kappa shape index (κ2) is 6.90. The number of aromatic nitrogens is 2. The van der Waals surface area contributed by atoms with Crippen molar-refractivity contribution in [2.24, 2.45) is 0 Å². The Labute approximate surface area is 149 Å². The topological polar surface area (TPSA) is 58.2 Å². The molecule has 0 aliphatic carbocycles. The van der Waals surface area contributed by atoms with Crippen molar-refractivity contribution in [1.82, 2.24) is 15.1 Å². The van der Waals surface area contributed by atoms with Crippen LogP contribution in [0.3, 0.4) is 0 Å². The van der Waals surface area contributed by atoms with Gasteiger partial charge in [-0.2, -0.15) is 5.10 Å². The van der Waals surface area contributed by atoms with Gasteiger partial charge in [0.1, 0.15) is 5.75 Å². The fourth-order valence-corrected chi connectivity index (χ4v) is 3.44. The molecule has 5 heteroatoms. The van der Waals surface area contributed by atoms with Crippen LogP contribution in [0, 0.1) is 13.8 Å². The number of amides is 1. The Morgan fingerprint density at radius 2 is 2.12 bits per heavy atom. The van der Waals surface area contributed by atoms with Gasteiger partial charge in [0.05, 0.1) is 0 Å². The quantitative estimate of drug-likeness (QED) is 0.924. The van der Waals surface area contributed by atoms with E-state index in [1.165, 1.54) is 0 Å². The first-order valence-electron chi connectivity index (χ1n) is 8.92. The third kappa shape index (κ3) is 3.70. The molecule has 1 saturated heterocycles. The Morgan fingerprint density at radius 1 is 1.32 bits per heavy atom. The molecule has 0 bridgehead atoms. The van der Waals surface area contributed by atoms with E-state index >= 15 is 0 Å². The molecule has 1 fully saturated rings. The highest BCUT2D eigenvalue weighted by atomic mass is 16.5. The maximum atomic E-state index is 13.1. The first kappa shape index (κ1) is 17.5. The van der Waals surface area contributed by atoms with Crippen LogP contribution in [0.25, 0.3) is 0 Å². The van der Waals surface area contributed by atoms with Crippen molar-refractivity contribution in [1.29, 1.82) is 0 Å². The number of nitrogens with zero attached hydrogens (tertiary/aromatic N) is 2. The number of hydrogen-bond donors (Lipinski definition) is 1. The minimum absolute atomic E-state index is 0.0395. The first-order chi connectivity index (χ1) is 11.9. The molecule has 1 atom stereocenters. The summed E-state index contributed by atoms with van der Waals surface area (Å²) in [5.74, 6) is 1.13. The van der Waals surface area contributed by atoms with E-state index in [1.807, 2.05) is 43.9 Å². The molecule has 1 unspecified atom stereocenters. The maximum Gasteiger partial charge on any atom is 0.266 e. The summed E-state index contributed by atoms with van der Waals surface area (Å²) < 4.78 is 6.14. The van der Waals surface area contributed by atoms with E-state index in [9.17, 15) is 4.79 Å². The van der Waals surface area contributed by atoms with Crippen molar-refractivity contribution in [2.75, 3.05) is 13.1 Å². The summed E-state index contributed by atoms with van der Waals surface area (Å²) in [5, 5.41) is 7.08. The lowest BCUT2D eigenvalue weighted by molar-refractivity contribution is -0.146. The number of ether oxygens (including phenoxy) is 1. The number of nitrogens with one attached hydrogen (secondary N) is 1. The molecule has 0 saturated carbocycles. The number of carbonyl (C=O) groups is 1. The maximum absolute atomic E-state index is 13.1. The Bertz CT molecular complexity index is 737. The Balaban J connectivity index is 1.73. The number of likely N-dealkylation sites (tertiary alicyclic amines) is 1. The minimum atomic E-state index is -0.894. The van der Waals surface area contributed by atoms with Gasteiger partial charge in [0, 0.05) is 30.9 Å². The number of carbonyl (C=O) groups excluding carboxylic acids is 1. The molecule has 2 heterocycles. The molecule has 5 nitrogen and oxygen atoms in total.